The highest BCUT2D eigenvalue weighted by Crippen LogP contribution is 2.13. The van der Waals surface area contributed by atoms with Crippen molar-refractivity contribution < 1.29 is 28.6 Å². The second-order valence-corrected chi connectivity index (χ2v) is 20.5. The fourth-order valence-corrected chi connectivity index (χ4v) is 8.10. The van der Waals surface area contributed by atoms with E-state index in [1.165, 1.54) is 38.5 Å². The normalized spacial score (nSPS) is 13.4. The van der Waals surface area contributed by atoms with Crippen molar-refractivity contribution in [3.63, 3.8) is 0 Å². The molecule has 0 saturated heterocycles. The molecule has 0 aliphatic rings. The van der Waals surface area contributed by atoms with Crippen LogP contribution in [0.15, 0.2) is 182 Å². The second-order valence-electron chi connectivity index (χ2n) is 20.5. The van der Waals surface area contributed by atoms with E-state index in [0.717, 1.165) is 167 Å². The lowest BCUT2D eigenvalue weighted by atomic mass is 10.1. The van der Waals surface area contributed by atoms with Crippen LogP contribution in [-0.4, -0.2) is 37.2 Å². The number of carbonyl (C=O) groups is 3. The molecule has 1 atom stereocenters. The molecular weight excluding hydrogens is 997 g/mol. The predicted molar refractivity (Wildman–Crippen MR) is 352 cm³/mol. The van der Waals surface area contributed by atoms with Crippen LogP contribution in [0.4, 0.5) is 0 Å². The van der Waals surface area contributed by atoms with E-state index < -0.39 is 6.10 Å². The largest absolute Gasteiger partial charge is 0.462 e. The summed E-state index contributed by atoms with van der Waals surface area (Å²) >= 11 is 0. The van der Waals surface area contributed by atoms with E-state index in [2.05, 4.69) is 203 Å². The van der Waals surface area contributed by atoms with Crippen molar-refractivity contribution in [2.75, 3.05) is 13.2 Å². The van der Waals surface area contributed by atoms with Crippen LogP contribution in [0.3, 0.4) is 0 Å². The fourth-order valence-electron chi connectivity index (χ4n) is 8.10. The van der Waals surface area contributed by atoms with E-state index in [0.29, 0.717) is 19.3 Å². The zero-order valence-electron chi connectivity index (χ0n) is 51.7. The molecule has 0 amide bonds. The third-order valence-corrected chi connectivity index (χ3v) is 12.9. The van der Waals surface area contributed by atoms with Crippen molar-refractivity contribution >= 4 is 17.9 Å². The average Bonchev–Trinajstić information content (AvgIpc) is 3.46. The number of carbonyl (C=O) groups excluding carboxylic acids is 3. The van der Waals surface area contributed by atoms with Crippen LogP contribution in [0.5, 0.6) is 0 Å². The number of esters is 3. The summed E-state index contributed by atoms with van der Waals surface area (Å²) in [5, 5.41) is 0. The Bertz CT molecular complexity index is 1900. The fraction of sp³-hybridized carbons (Fsp3) is 0.560. The average molecular weight is 1110 g/mol. The van der Waals surface area contributed by atoms with Crippen LogP contribution in [0.25, 0.3) is 0 Å². The van der Waals surface area contributed by atoms with Gasteiger partial charge in [-0.1, -0.05) is 254 Å². The molecule has 6 heteroatoms. The maximum atomic E-state index is 12.9. The molecule has 0 spiro atoms. The Labute approximate surface area is 497 Å². The summed E-state index contributed by atoms with van der Waals surface area (Å²) < 4.78 is 16.8. The summed E-state index contributed by atoms with van der Waals surface area (Å²) in [4.78, 5) is 38.3. The van der Waals surface area contributed by atoms with Crippen LogP contribution in [0.1, 0.15) is 252 Å². The van der Waals surface area contributed by atoms with Crippen molar-refractivity contribution in [2.24, 2.45) is 0 Å². The molecule has 0 saturated carbocycles. The van der Waals surface area contributed by atoms with Crippen molar-refractivity contribution in [3.8, 4) is 0 Å². The van der Waals surface area contributed by atoms with Gasteiger partial charge in [0.15, 0.2) is 6.10 Å². The quantitative estimate of drug-likeness (QED) is 0.0261. The molecule has 0 bridgehead atoms. The van der Waals surface area contributed by atoms with E-state index in [-0.39, 0.29) is 37.5 Å². The zero-order chi connectivity index (χ0) is 58.5. The number of allylic oxidation sites excluding steroid dienone is 30. The smallest absolute Gasteiger partial charge is 0.306 e. The van der Waals surface area contributed by atoms with Gasteiger partial charge in [-0.2, -0.15) is 0 Å². The SMILES string of the molecule is CC/C=C\C/C=C\C/C=C\C/C=C\C/C=C\C/C=C\C/C=C\C/C=C\C/C=C\CCCCCC(=O)OCC(COC(=O)CCCCCCC/C=C\CCCCCC)OC(=O)CCCCC/C=C\C/C=C\C/C=C\C/C=C\C/C=C\CC. The van der Waals surface area contributed by atoms with Gasteiger partial charge < -0.3 is 14.2 Å². The number of hydrogen-bond acceptors (Lipinski definition) is 6. The Morgan fingerprint density at radius 1 is 0.259 bits per heavy atom. The predicted octanol–water partition coefficient (Wildman–Crippen LogP) is 22.4. The molecule has 0 aromatic carbocycles. The maximum absolute atomic E-state index is 12.9. The van der Waals surface area contributed by atoms with E-state index in [1.54, 1.807) is 0 Å². The van der Waals surface area contributed by atoms with Crippen molar-refractivity contribution in [3.05, 3.63) is 182 Å². The van der Waals surface area contributed by atoms with Crippen LogP contribution in [0.2, 0.25) is 0 Å². The van der Waals surface area contributed by atoms with Crippen molar-refractivity contribution in [1.29, 1.82) is 0 Å². The molecule has 0 aromatic rings. The first-order valence-corrected chi connectivity index (χ1v) is 32.3. The Hall–Kier alpha value is -5.49. The molecule has 0 aliphatic heterocycles. The van der Waals surface area contributed by atoms with E-state index in [1.807, 2.05) is 0 Å². The minimum absolute atomic E-state index is 0.115. The molecule has 81 heavy (non-hydrogen) atoms. The zero-order valence-corrected chi connectivity index (χ0v) is 51.7. The first-order chi connectivity index (χ1) is 40.0. The van der Waals surface area contributed by atoms with Crippen LogP contribution in [0, 0.1) is 0 Å². The maximum Gasteiger partial charge on any atom is 0.306 e. The van der Waals surface area contributed by atoms with Gasteiger partial charge in [-0.3, -0.25) is 14.4 Å². The van der Waals surface area contributed by atoms with Crippen LogP contribution >= 0.6 is 0 Å². The molecule has 0 N–H and O–H groups in total. The third-order valence-electron chi connectivity index (χ3n) is 12.9. The molecule has 0 aromatic heterocycles. The molecule has 6 nitrogen and oxygen atoms in total. The van der Waals surface area contributed by atoms with Crippen molar-refractivity contribution in [2.45, 2.75) is 258 Å². The van der Waals surface area contributed by atoms with Gasteiger partial charge in [-0.05, 0) is 161 Å². The van der Waals surface area contributed by atoms with Crippen LogP contribution < -0.4 is 0 Å². The Morgan fingerprint density at radius 2 is 0.481 bits per heavy atom. The van der Waals surface area contributed by atoms with Gasteiger partial charge in [-0.25, -0.2) is 0 Å². The number of rotatable bonds is 56. The molecule has 0 heterocycles. The number of hydrogen-bond donors (Lipinski definition) is 0. The van der Waals surface area contributed by atoms with Gasteiger partial charge >= 0.3 is 17.9 Å². The van der Waals surface area contributed by atoms with E-state index >= 15 is 0 Å². The Morgan fingerprint density at radius 3 is 0.778 bits per heavy atom. The summed E-state index contributed by atoms with van der Waals surface area (Å²) in [7, 11) is 0. The van der Waals surface area contributed by atoms with Gasteiger partial charge in [-0.15, -0.1) is 0 Å². The number of unbranched alkanes of at least 4 members (excludes halogenated alkanes) is 15. The van der Waals surface area contributed by atoms with Gasteiger partial charge in [0.25, 0.3) is 0 Å². The highest BCUT2D eigenvalue weighted by Gasteiger charge is 2.19. The highest BCUT2D eigenvalue weighted by atomic mass is 16.6. The molecule has 1 unspecified atom stereocenters. The minimum atomic E-state index is -0.824. The molecule has 0 radical (unpaired) electrons. The molecule has 0 fully saturated rings. The van der Waals surface area contributed by atoms with Gasteiger partial charge in [0.2, 0.25) is 0 Å². The molecule has 0 rings (SSSR count). The molecule has 0 aliphatic carbocycles. The second kappa shape index (κ2) is 67.0. The third kappa shape index (κ3) is 65.2. The summed E-state index contributed by atoms with van der Waals surface area (Å²) in [6.45, 7) is 6.32. The van der Waals surface area contributed by atoms with Crippen molar-refractivity contribution in [1.82, 2.24) is 0 Å². The van der Waals surface area contributed by atoms with Crippen LogP contribution in [-0.2, 0) is 28.6 Å². The lowest BCUT2D eigenvalue weighted by Crippen LogP contribution is -2.30. The monoisotopic (exact) mass is 1110 g/mol. The summed E-state index contributed by atoms with van der Waals surface area (Å²) in [5.41, 5.74) is 0. The Kier molecular flexibility index (Phi) is 62.5. The summed E-state index contributed by atoms with van der Waals surface area (Å²) in [6.07, 6.45) is 100. The summed E-state index contributed by atoms with van der Waals surface area (Å²) in [6, 6.07) is 0. The standard InChI is InChI=1S/C75H116O6/c1-4-7-10-13-16-19-22-25-27-29-31-32-33-34-35-36-37-38-39-40-41-42-44-45-47-50-53-56-59-62-65-68-74(77)80-71-72(70-79-73(76)67-64-61-58-55-52-49-24-21-18-15-12-9-6-3)81-75(78)69-66-63-60-57-54-51-48-46-43-30-28-26-23-20-17-14-11-8-5-2/h7-8,10-11,16-17,19-21,24-28,31-32,34-35,37-38,40-41,43-46,50-51,53-54,72H,4-6,9,12-15,18,22-23,29-30,33,36,39,42,47-49,52,55-71H2,1-3H3/b10-7-,11-8-,19-16-,20-17-,24-21-,27-25-,28-26-,32-31-,35-34-,38-37-,41-40-,45-44-,46-43-,53-50-,54-51-. The van der Waals surface area contributed by atoms with E-state index in [4.69, 9.17) is 14.2 Å². The summed E-state index contributed by atoms with van der Waals surface area (Å²) in [5.74, 6) is -0.998. The molecular formula is C75H116O6. The topological polar surface area (TPSA) is 78.9 Å². The first-order valence-electron chi connectivity index (χ1n) is 32.3. The Balaban J connectivity index is 4.47. The van der Waals surface area contributed by atoms with Gasteiger partial charge in [0.1, 0.15) is 13.2 Å². The minimum Gasteiger partial charge on any atom is -0.462 e. The highest BCUT2D eigenvalue weighted by molar-refractivity contribution is 5.71. The van der Waals surface area contributed by atoms with E-state index in [9.17, 15) is 14.4 Å². The number of ether oxygens (including phenoxy) is 3. The molecule has 452 valence electrons. The van der Waals surface area contributed by atoms with Gasteiger partial charge in [0.05, 0.1) is 0 Å². The van der Waals surface area contributed by atoms with Gasteiger partial charge in [0, 0.05) is 19.3 Å². The lowest BCUT2D eigenvalue weighted by Gasteiger charge is -2.18. The first kappa shape index (κ1) is 75.5. The lowest BCUT2D eigenvalue weighted by molar-refractivity contribution is -0.167.